The van der Waals surface area contributed by atoms with Gasteiger partial charge in [0.2, 0.25) is 12.5 Å². The van der Waals surface area contributed by atoms with E-state index in [-0.39, 0.29) is 34.7 Å². The van der Waals surface area contributed by atoms with Gasteiger partial charge in [0.1, 0.15) is 35.2 Å². The van der Waals surface area contributed by atoms with Crippen molar-refractivity contribution in [3.63, 3.8) is 0 Å². The summed E-state index contributed by atoms with van der Waals surface area (Å²) >= 11 is 6.26. The Bertz CT molecular complexity index is 1600. The number of carbonyl (C=O) groups is 1. The third-order valence-corrected chi connectivity index (χ3v) is 6.84. The Balaban J connectivity index is 1.57. The molecule has 1 aliphatic heterocycles. The molecule has 2 aromatic heterocycles. The molecule has 2 aromatic carbocycles. The normalized spacial score (nSPS) is 16.0. The summed E-state index contributed by atoms with van der Waals surface area (Å²) in [5.41, 5.74) is 0.423. The summed E-state index contributed by atoms with van der Waals surface area (Å²) in [5, 5.41) is 1.32. The van der Waals surface area contributed by atoms with E-state index < -0.39 is 11.6 Å². The van der Waals surface area contributed by atoms with E-state index in [0.29, 0.717) is 47.2 Å². The lowest BCUT2D eigenvalue weighted by Gasteiger charge is -2.39. The van der Waals surface area contributed by atoms with Gasteiger partial charge in [-0.25, -0.2) is 25.3 Å². The molecule has 0 radical (unpaired) electrons. The van der Waals surface area contributed by atoms with Crippen molar-refractivity contribution in [2.45, 2.75) is 13.0 Å². The standard InChI is InChI=1S/C27H21ClF2N6O/c1-3-5-21(37)36-11-10-35(14-17(36)12-31-2)27-19-13-32-25(24(30)26(19)33-15-34-27)18-7-4-6-16-8-9-20(29)23(28)22(16)18/h3-9,13,15,17H,10-12,14H2,1H3/b5-3+/t17-/m0/s1. The van der Waals surface area contributed by atoms with Crippen molar-refractivity contribution >= 4 is 45.0 Å². The molecule has 1 aliphatic rings. The Morgan fingerprint density at radius 1 is 1.22 bits per heavy atom. The zero-order valence-electron chi connectivity index (χ0n) is 19.8. The molecule has 1 amide bonds. The number of piperazine rings is 1. The highest BCUT2D eigenvalue weighted by molar-refractivity contribution is 6.36. The summed E-state index contributed by atoms with van der Waals surface area (Å²) in [6.45, 7) is 10.4. The van der Waals surface area contributed by atoms with Crippen LogP contribution in [0.1, 0.15) is 6.92 Å². The molecule has 0 spiro atoms. The van der Waals surface area contributed by atoms with E-state index in [1.165, 1.54) is 24.7 Å². The number of aromatic nitrogens is 3. The van der Waals surface area contributed by atoms with E-state index in [9.17, 15) is 9.18 Å². The molecule has 0 saturated carbocycles. The quantitative estimate of drug-likeness (QED) is 0.271. The Morgan fingerprint density at radius 2 is 2.05 bits per heavy atom. The van der Waals surface area contributed by atoms with Crippen molar-refractivity contribution in [2.75, 3.05) is 31.1 Å². The Kier molecular flexibility index (Phi) is 6.68. The van der Waals surface area contributed by atoms with Crippen LogP contribution in [0.3, 0.4) is 0 Å². The predicted octanol–water partition coefficient (Wildman–Crippen LogP) is 5.29. The molecule has 10 heteroatoms. The average molecular weight is 519 g/mol. The van der Waals surface area contributed by atoms with Gasteiger partial charge in [-0.3, -0.25) is 9.78 Å². The second kappa shape index (κ2) is 10.1. The van der Waals surface area contributed by atoms with Crippen molar-refractivity contribution in [3.8, 4) is 11.3 Å². The van der Waals surface area contributed by atoms with E-state index in [4.69, 9.17) is 18.2 Å². The monoisotopic (exact) mass is 518 g/mol. The Hall–Kier alpha value is -4.16. The van der Waals surface area contributed by atoms with E-state index in [1.807, 2.05) is 4.90 Å². The highest BCUT2D eigenvalue weighted by Gasteiger charge is 2.33. The number of amides is 1. The van der Waals surface area contributed by atoms with Gasteiger partial charge in [0.25, 0.3) is 0 Å². The number of carbonyl (C=O) groups excluding carboxylic acids is 1. The van der Waals surface area contributed by atoms with Crippen LogP contribution in [0.4, 0.5) is 14.6 Å². The van der Waals surface area contributed by atoms with Gasteiger partial charge in [0.05, 0.1) is 10.4 Å². The molecule has 0 aliphatic carbocycles. The number of fused-ring (bicyclic) bond motifs is 2. The molecule has 3 heterocycles. The van der Waals surface area contributed by atoms with Crippen LogP contribution in [-0.4, -0.2) is 58.0 Å². The fourth-order valence-electron chi connectivity index (χ4n) is 4.76. The minimum absolute atomic E-state index is 0.00269. The van der Waals surface area contributed by atoms with Crippen LogP contribution < -0.4 is 4.90 Å². The largest absolute Gasteiger partial charge is 0.352 e. The maximum Gasteiger partial charge on any atom is 0.246 e. The molecular weight excluding hydrogens is 498 g/mol. The molecule has 5 rings (SSSR count). The lowest BCUT2D eigenvalue weighted by atomic mass is 10.0. The van der Waals surface area contributed by atoms with Crippen LogP contribution in [0.2, 0.25) is 5.02 Å². The fourth-order valence-corrected chi connectivity index (χ4v) is 5.04. The molecule has 1 saturated heterocycles. The molecule has 186 valence electrons. The second-order valence-electron chi connectivity index (χ2n) is 8.62. The number of benzene rings is 2. The Morgan fingerprint density at radius 3 is 2.84 bits per heavy atom. The van der Waals surface area contributed by atoms with Gasteiger partial charge in [-0.05, 0) is 24.5 Å². The van der Waals surface area contributed by atoms with E-state index >= 15 is 4.39 Å². The van der Waals surface area contributed by atoms with Gasteiger partial charge in [0.15, 0.2) is 5.82 Å². The summed E-state index contributed by atoms with van der Waals surface area (Å²) < 4.78 is 30.1. The maximum absolute atomic E-state index is 15.9. The highest BCUT2D eigenvalue weighted by Crippen LogP contribution is 2.37. The van der Waals surface area contributed by atoms with Crippen molar-refractivity contribution in [1.82, 2.24) is 19.9 Å². The van der Waals surface area contributed by atoms with Gasteiger partial charge in [0, 0.05) is 36.8 Å². The van der Waals surface area contributed by atoms with E-state index in [2.05, 4.69) is 19.8 Å². The summed E-state index contributed by atoms with van der Waals surface area (Å²) in [4.78, 5) is 32.6. The third kappa shape index (κ3) is 4.34. The Labute approximate surface area is 216 Å². The van der Waals surface area contributed by atoms with Gasteiger partial charge in [-0.1, -0.05) is 41.9 Å². The number of allylic oxidation sites excluding steroid dienone is 1. The SMILES string of the molecule is [C-]#[N+]C[C@H]1CN(c2ncnc3c(F)c(-c4cccc5ccc(F)c(Cl)c45)ncc23)CCN1C(=O)/C=C/C. The number of halogens is 3. The lowest BCUT2D eigenvalue weighted by molar-refractivity contribution is -0.128. The van der Waals surface area contributed by atoms with Crippen LogP contribution in [0.15, 0.2) is 55.0 Å². The van der Waals surface area contributed by atoms with Crippen molar-refractivity contribution in [2.24, 2.45) is 0 Å². The molecule has 0 N–H and O–H groups in total. The van der Waals surface area contributed by atoms with Crippen LogP contribution in [-0.2, 0) is 4.79 Å². The summed E-state index contributed by atoms with van der Waals surface area (Å²) in [7, 11) is 0. The minimum Gasteiger partial charge on any atom is -0.352 e. The number of hydrogen-bond donors (Lipinski definition) is 0. The van der Waals surface area contributed by atoms with E-state index in [1.54, 1.807) is 42.2 Å². The molecule has 1 atom stereocenters. The van der Waals surface area contributed by atoms with Gasteiger partial charge >= 0.3 is 0 Å². The number of pyridine rings is 1. The molecule has 1 fully saturated rings. The molecular formula is C27H21ClF2N6O. The average Bonchev–Trinajstić information content (AvgIpc) is 2.91. The van der Waals surface area contributed by atoms with Crippen molar-refractivity contribution in [3.05, 3.63) is 83.1 Å². The van der Waals surface area contributed by atoms with Crippen LogP contribution in [0.5, 0.6) is 0 Å². The molecule has 37 heavy (non-hydrogen) atoms. The minimum atomic E-state index is -0.673. The van der Waals surface area contributed by atoms with Gasteiger partial charge in [-0.15, -0.1) is 0 Å². The zero-order chi connectivity index (χ0) is 26.1. The first-order chi connectivity index (χ1) is 17.9. The number of rotatable bonds is 4. The van der Waals surface area contributed by atoms with Crippen LogP contribution in [0, 0.1) is 18.2 Å². The first kappa shape index (κ1) is 24.5. The zero-order valence-corrected chi connectivity index (χ0v) is 20.6. The van der Waals surface area contributed by atoms with Crippen LogP contribution >= 0.6 is 11.6 Å². The summed E-state index contributed by atoms with van der Waals surface area (Å²) in [6, 6.07) is 7.65. The van der Waals surface area contributed by atoms with Gasteiger partial charge in [-0.2, -0.15) is 0 Å². The molecule has 0 unspecified atom stereocenters. The van der Waals surface area contributed by atoms with Crippen molar-refractivity contribution in [1.29, 1.82) is 0 Å². The predicted molar refractivity (Wildman–Crippen MR) is 139 cm³/mol. The second-order valence-corrected chi connectivity index (χ2v) is 9.00. The highest BCUT2D eigenvalue weighted by atomic mass is 35.5. The molecule has 7 nitrogen and oxygen atoms in total. The summed E-state index contributed by atoms with van der Waals surface area (Å²) in [5.74, 6) is -0.953. The lowest BCUT2D eigenvalue weighted by Crippen LogP contribution is -2.56. The third-order valence-electron chi connectivity index (χ3n) is 6.47. The van der Waals surface area contributed by atoms with Gasteiger partial charge < -0.3 is 14.6 Å². The fraction of sp³-hybridized carbons (Fsp3) is 0.222. The molecule has 0 bridgehead atoms. The maximum atomic E-state index is 15.9. The number of hydrogen-bond acceptors (Lipinski definition) is 5. The van der Waals surface area contributed by atoms with E-state index in [0.717, 1.165) is 0 Å². The smallest absolute Gasteiger partial charge is 0.246 e. The number of anilines is 1. The summed E-state index contributed by atoms with van der Waals surface area (Å²) in [6.07, 6.45) is 5.93. The number of nitrogens with zero attached hydrogens (tertiary/aromatic N) is 6. The first-order valence-electron chi connectivity index (χ1n) is 11.6. The topological polar surface area (TPSA) is 66.6 Å². The van der Waals surface area contributed by atoms with Crippen molar-refractivity contribution < 1.29 is 13.6 Å². The first-order valence-corrected chi connectivity index (χ1v) is 12.0. The molecule has 4 aromatic rings. The van der Waals surface area contributed by atoms with Crippen LogP contribution in [0.25, 0.3) is 37.8 Å².